The maximum atomic E-state index is 11.1. The van der Waals surface area contributed by atoms with Gasteiger partial charge in [0.25, 0.3) is 20.2 Å². The number of phenols is 2. The van der Waals surface area contributed by atoms with Crippen molar-refractivity contribution >= 4 is 32.7 Å². The molecule has 0 atom stereocenters. The van der Waals surface area contributed by atoms with Gasteiger partial charge < -0.3 is 10.2 Å². The van der Waals surface area contributed by atoms with Gasteiger partial charge in [-0.15, -0.1) is 0 Å². The summed E-state index contributed by atoms with van der Waals surface area (Å²) in [6, 6.07) is 6.22. The fraction of sp³-hybridized carbons (Fsp3) is 0.0667. The van der Waals surface area contributed by atoms with Crippen molar-refractivity contribution < 1.29 is 36.2 Å². The van der Waals surface area contributed by atoms with E-state index in [9.17, 15) is 27.0 Å². The van der Waals surface area contributed by atoms with Crippen LogP contribution < -0.4 is 0 Å². The Bertz CT molecular complexity index is 1030. The number of aliphatic imine (C=N–C) groups is 2. The van der Waals surface area contributed by atoms with Crippen LogP contribution in [0.1, 0.15) is 11.1 Å². The molecular weight excluding hydrogens is 400 g/mol. The molecule has 2 rings (SSSR count). The van der Waals surface area contributed by atoms with Gasteiger partial charge in [0, 0.05) is 23.6 Å². The van der Waals surface area contributed by atoms with Crippen molar-refractivity contribution in [2.24, 2.45) is 9.98 Å². The van der Waals surface area contributed by atoms with Gasteiger partial charge in [0.1, 0.15) is 18.2 Å². The van der Waals surface area contributed by atoms with E-state index in [-0.39, 0.29) is 29.3 Å². The average molecular weight is 414 g/mol. The first-order chi connectivity index (χ1) is 12.5. The quantitative estimate of drug-likeness (QED) is 0.401. The van der Waals surface area contributed by atoms with E-state index in [2.05, 4.69) is 9.98 Å². The first-order valence-electron chi connectivity index (χ1n) is 7.09. The van der Waals surface area contributed by atoms with E-state index in [1.807, 2.05) is 0 Å². The fourth-order valence-electron chi connectivity index (χ4n) is 1.92. The third-order valence-corrected chi connectivity index (χ3v) is 4.92. The molecule has 0 aliphatic carbocycles. The normalized spacial score (nSPS) is 12.8. The second-order valence-corrected chi connectivity index (χ2v) is 8.00. The minimum Gasteiger partial charge on any atom is -0.507 e. The Hall–Kier alpha value is -2.80. The van der Waals surface area contributed by atoms with Gasteiger partial charge in [0.2, 0.25) is 0 Å². The topological polar surface area (TPSA) is 174 Å². The Kier molecular flexibility index (Phi) is 5.95. The number of hydrogen-bond donors (Lipinski definition) is 4. The molecule has 0 saturated heterocycles. The lowest BCUT2D eigenvalue weighted by Crippen LogP contribution is -1.99. The molecule has 0 aromatic heterocycles. The van der Waals surface area contributed by atoms with Crippen molar-refractivity contribution in [1.29, 1.82) is 0 Å². The number of nitrogens with zero attached hydrogens (tertiary/aromatic N) is 2. The molecule has 12 heteroatoms. The molecule has 0 saturated carbocycles. The van der Waals surface area contributed by atoms with Crippen molar-refractivity contribution in [3.05, 3.63) is 47.5 Å². The second-order valence-electron chi connectivity index (χ2n) is 5.16. The molecule has 0 aliphatic rings. The Morgan fingerprint density at radius 2 is 1.11 bits per heavy atom. The van der Waals surface area contributed by atoms with E-state index in [4.69, 9.17) is 9.11 Å². The van der Waals surface area contributed by atoms with E-state index in [0.29, 0.717) is 0 Å². The molecule has 144 valence electrons. The molecule has 0 heterocycles. The zero-order chi connectivity index (χ0) is 20.2. The number of hydrogen-bond acceptors (Lipinski definition) is 8. The molecule has 0 spiro atoms. The van der Waals surface area contributed by atoms with Gasteiger partial charge in [-0.25, -0.2) is 0 Å². The Balaban J connectivity index is 2.15. The van der Waals surface area contributed by atoms with E-state index in [1.54, 1.807) is 0 Å². The smallest absolute Gasteiger partial charge is 0.294 e. The molecule has 0 unspecified atom stereocenters. The largest absolute Gasteiger partial charge is 0.507 e. The molecule has 10 nitrogen and oxygen atoms in total. The SMILES string of the molecule is O=S(=O)(O)c1ccc(O)c(/C=N/C/N=C/c2cc(S(=O)(=O)O)ccc2O)c1. The first-order valence-corrected chi connectivity index (χ1v) is 9.97. The van der Waals surface area contributed by atoms with Crippen LogP contribution in [0.4, 0.5) is 0 Å². The van der Waals surface area contributed by atoms with Crippen LogP contribution in [0.5, 0.6) is 11.5 Å². The van der Waals surface area contributed by atoms with Gasteiger partial charge >= 0.3 is 0 Å². The highest BCUT2D eigenvalue weighted by Gasteiger charge is 2.12. The minimum atomic E-state index is -4.43. The van der Waals surface area contributed by atoms with Gasteiger partial charge in [-0.2, -0.15) is 16.8 Å². The van der Waals surface area contributed by atoms with Crippen LogP contribution in [0.25, 0.3) is 0 Å². The summed E-state index contributed by atoms with van der Waals surface area (Å²) in [5, 5.41) is 19.3. The van der Waals surface area contributed by atoms with Crippen molar-refractivity contribution in [2.75, 3.05) is 6.67 Å². The Labute approximate surface area is 154 Å². The van der Waals surface area contributed by atoms with Crippen molar-refractivity contribution in [3.8, 4) is 11.5 Å². The summed E-state index contributed by atoms with van der Waals surface area (Å²) in [5.41, 5.74) is 0.0492. The third kappa shape index (κ3) is 5.59. The highest BCUT2D eigenvalue weighted by molar-refractivity contribution is 7.86. The van der Waals surface area contributed by atoms with Crippen molar-refractivity contribution in [1.82, 2.24) is 0 Å². The van der Waals surface area contributed by atoms with E-state index < -0.39 is 30.0 Å². The van der Waals surface area contributed by atoms with Crippen molar-refractivity contribution in [3.63, 3.8) is 0 Å². The van der Waals surface area contributed by atoms with E-state index in [0.717, 1.165) is 48.8 Å². The maximum Gasteiger partial charge on any atom is 0.294 e. The molecule has 2 aromatic rings. The van der Waals surface area contributed by atoms with Crippen LogP contribution in [0.2, 0.25) is 0 Å². The van der Waals surface area contributed by atoms with Crippen LogP contribution in [0, 0.1) is 0 Å². The molecular formula is C15H14N2O8S2. The van der Waals surface area contributed by atoms with Crippen LogP contribution in [0.3, 0.4) is 0 Å². The van der Waals surface area contributed by atoms with Crippen LogP contribution >= 0.6 is 0 Å². The minimum absolute atomic E-state index is 0.0246. The highest BCUT2D eigenvalue weighted by Crippen LogP contribution is 2.20. The predicted octanol–water partition coefficient (Wildman–Crippen LogP) is 1.09. The summed E-state index contributed by atoms with van der Waals surface area (Å²) in [4.78, 5) is 6.83. The molecule has 2 aromatic carbocycles. The van der Waals surface area contributed by atoms with E-state index >= 15 is 0 Å². The first kappa shape index (κ1) is 20.5. The van der Waals surface area contributed by atoms with Crippen LogP contribution in [-0.4, -0.2) is 55.3 Å². The van der Waals surface area contributed by atoms with Crippen LogP contribution in [0.15, 0.2) is 56.2 Å². The van der Waals surface area contributed by atoms with Gasteiger partial charge in [0.15, 0.2) is 0 Å². The fourth-order valence-corrected chi connectivity index (χ4v) is 2.95. The summed E-state index contributed by atoms with van der Waals surface area (Å²) < 4.78 is 62.3. The van der Waals surface area contributed by atoms with E-state index in [1.165, 1.54) is 0 Å². The second kappa shape index (κ2) is 7.84. The summed E-state index contributed by atoms with van der Waals surface area (Å²) in [5.74, 6) is -0.540. The number of rotatable bonds is 6. The zero-order valence-electron chi connectivity index (χ0n) is 13.5. The standard InChI is InChI=1S/C15H14N2O8S2/c18-14-3-1-12(26(20,21)22)5-10(14)7-16-9-17-8-11-6-13(27(23,24)25)2-4-15(11)19/h1-8,18-19H,9H2,(H,20,21,22)(H,23,24,25)/b16-7+,17-8+. The van der Waals surface area contributed by atoms with Gasteiger partial charge in [0.05, 0.1) is 9.79 Å². The molecule has 0 radical (unpaired) electrons. The zero-order valence-corrected chi connectivity index (χ0v) is 15.1. The van der Waals surface area contributed by atoms with Crippen LogP contribution in [-0.2, 0) is 20.2 Å². The van der Waals surface area contributed by atoms with Gasteiger partial charge in [-0.05, 0) is 36.4 Å². The molecule has 0 amide bonds. The Morgan fingerprint density at radius 1 is 0.741 bits per heavy atom. The monoisotopic (exact) mass is 414 g/mol. The number of benzene rings is 2. The maximum absolute atomic E-state index is 11.1. The van der Waals surface area contributed by atoms with Crippen molar-refractivity contribution in [2.45, 2.75) is 9.79 Å². The lowest BCUT2D eigenvalue weighted by molar-refractivity contribution is 0.470. The lowest BCUT2D eigenvalue weighted by Gasteiger charge is -2.02. The third-order valence-electron chi connectivity index (χ3n) is 3.22. The summed E-state index contributed by atoms with van der Waals surface area (Å²) >= 11 is 0. The molecule has 4 N–H and O–H groups in total. The Morgan fingerprint density at radius 3 is 1.44 bits per heavy atom. The molecule has 0 bridgehead atoms. The van der Waals surface area contributed by atoms with Gasteiger partial charge in [-0.3, -0.25) is 19.1 Å². The summed E-state index contributed by atoms with van der Waals surface area (Å²) in [7, 11) is -8.87. The molecule has 27 heavy (non-hydrogen) atoms. The lowest BCUT2D eigenvalue weighted by atomic mass is 10.2. The molecule has 0 aliphatic heterocycles. The summed E-state index contributed by atoms with van der Waals surface area (Å²) in [6.45, 7) is -0.203. The summed E-state index contributed by atoms with van der Waals surface area (Å²) in [6.07, 6.45) is 2.24. The number of aromatic hydroxyl groups is 2. The average Bonchev–Trinajstić information content (AvgIpc) is 2.55. The number of phenolic OH excluding ortho intramolecular Hbond substituents is 2. The predicted molar refractivity (Wildman–Crippen MR) is 95.9 cm³/mol. The van der Waals surface area contributed by atoms with Gasteiger partial charge in [-0.1, -0.05) is 0 Å². The highest BCUT2D eigenvalue weighted by atomic mass is 32.2. The molecule has 0 fully saturated rings.